The van der Waals surface area contributed by atoms with E-state index in [4.69, 9.17) is 45.3 Å². The quantitative estimate of drug-likeness (QED) is 0.206. The van der Waals surface area contributed by atoms with Crippen molar-refractivity contribution in [2.24, 2.45) is 41.2 Å². The maximum Gasteiger partial charge on any atom is 0.407 e. The van der Waals surface area contributed by atoms with E-state index >= 15 is 0 Å². The summed E-state index contributed by atoms with van der Waals surface area (Å²) in [5.41, 5.74) is 4.92. The van der Waals surface area contributed by atoms with E-state index in [1.165, 1.54) is 0 Å². The molecule has 2 aromatic heterocycles. The molecule has 4 aliphatic rings. The van der Waals surface area contributed by atoms with Crippen molar-refractivity contribution < 1.29 is 27.9 Å². The summed E-state index contributed by atoms with van der Waals surface area (Å²) >= 11 is 16.1. The Kier molecular flexibility index (Phi) is 11.2. The number of rotatable bonds is 5. The number of halogens is 5. The Morgan fingerprint density at radius 2 is 1.37 bits per heavy atom. The molecule has 4 aliphatic carbocycles. The third-order valence-electron chi connectivity index (χ3n) is 8.09. The molecule has 6 rings (SSSR count). The second-order valence-corrected chi connectivity index (χ2v) is 13.5. The smallest absolute Gasteiger partial charge is 0.407 e. The minimum atomic E-state index is -0.666. The highest BCUT2D eigenvalue weighted by Gasteiger charge is 2.48. The number of allylic oxidation sites excluding steroid dienone is 2. The van der Waals surface area contributed by atoms with E-state index in [0.717, 1.165) is 25.2 Å². The van der Waals surface area contributed by atoms with Crippen molar-refractivity contribution in [2.75, 3.05) is 5.32 Å². The number of nitrogens with zero attached hydrogens (tertiary/aromatic N) is 4. The number of amides is 2. The number of ether oxygens (including phenoxy) is 1. The van der Waals surface area contributed by atoms with E-state index < -0.39 is 23.3 Å². The van der Waals surface area contributed by atoms with Gasteiger partial charge in [-0.2, -0.15) is 4.98 Å². The molecule has 2 fully saturated rings. The number of carbonyl (C=O) groups is 3. The average molecular weight is 701 g/mol. The Hall–Kier alpha value is -3.42. The van der Waals surface area contributed by atoms with Gasteiger partial charge in [-0.3, -0.25) is 9.59 Å². The summed E-state index contributed by atoms with van der Waals surface area (Å²) in [6, 6.07) is -0.347. The number of Topliss-reactive ketones (excluding diaryl/α,β-unsaturated/α-hetero) is 1. The van der Waals surface area contributed by atoms with Crippen LogP contribution in [0.2, 0.25) is 15.7 Å². The van der Waals surface area contributed by atoms with Crippen molar-refractivity contribution in [1.82, 2.24) is 25.3 Å². The lowest BCUT2D eigenvalue weighted by atomic mass is 9.86. The highest BCUT2D eigenvalue weighted by molar-refractivity contribution is 6.31. The second kappa shape index (κ2) is 14.6. The largest absolute Gasteiger partial charge is 0.444 e. The van der Waals surface area contributed by atoms with E-state index in [9.17, 15) is 23.2 Å². The highest BCUT2D eigenvalue weighted by Crippen LogP contribution is 2.45. The number of anilines is 1. The SMILES string of the molecule is CC(=O)[C@@H]1[C@H](NC(=O)OC(C)(C)C)[C@H]2C=C[C@@H]1C2.Fc1cnc(Cl)nc1Cl.NC(=O)[C@@H]1[C@H](Nc2nc(Cl)ncc2F)[C@H]2C=C[C@@H]1C2. The van der Waals surface area contributed by atoms with E-state index in [1.54, 1.807) is 6.92 Å². The fraction of sp³-hybridized carbons (Fsp3) is 0.500. The van der Waals surface area contributed by atoms with E-state index in [1.807, 2.05) is 32.9 Å². The molecular formula is C30H34Cl3F2N7O4. The van der Waals surface area contributed by atoms with Gasteiger partial charge in [0, 0.05) is 18.0 Å². The van der Waals surface area contributed by atoms with Gasteiger partial charge in [0.1, 0.15) is 11.4 Å². The summed E-state index contributed by atoms with van der Waals surface area (Å²) in [5, 5.41) is 5.46. The number of hydrogen-bond acceptors (Lipinski definition) is 9. The number of carbonyl (C=O) groups excluding carboxylic acids is 3. The zero-order chi connectivity index (χ0) is 33.9. The predicted octanol–water partition coefficient (Wildman–Crippen LogP) is 5.57. The molecule has 2 heterocycles. The molecule has 0 saturated heterocycles. The summed E-state index contributed by atoms with van der Waals surface area (Å²) in [6.45, 7) is 7.09. The molecular weight excluding hydrogens is 667 g/mol. The van der Waals surface area contributed by atoms with Gasteiger partial charge in [0.15, 0.2) is 22.6 Å². The second-order valence-electron chi connectivity index (χ2n) is 12.4. The van der Waals surface area contributed by atoms with Gasteiger partial charge in [-0.25, -0.2) is 28.5 Å². The number of alkyl carbamates (subject to hydrolysis) is 1. The molecule has 8 atom stereocenters. The Labute approximate surface area is 279 Å². The molecule has 16 heteroatoms. The molecule has 46 heavy (non-hydrogen) atoms. The molecule has 2 amide bonds. The van der Waals surface area contributed by atoms with Gasteiger partial charge >= 0.3 is 6.09 Å². The van der Waals surface area contributed by atoms with Crippen molar-refractivity contribution in [2.45, 2.75) is 58.2 Å². The van der Waals surface area contributed by atoms with Crippen LogP contribution in [-0.4, -0.2) is 55.4 Å². The topological polar surface area (TPSA) is 162 Å². The van der Waals surface area contributed by atoms with Gasteiger partial charge in [-0.05, 0) is 87.4 Å². The molecule has 0 spiro atoms. The maximum absolute atomic E-state index is 13.6. The van der Waals surface area contributed by atoms with Gasteiger partial charge in [0.2, 0.25) is 16.5 Å². The van der Waals surface area contributed by atoms with Crippen LogP contribution in [-0.2, 0) is 14.3 Å². The van der Waals surface area contributed by atoms with Gasteiger partial charge in [-0.1, -0.05) is 35.9 Å². The number of nitrogens with two attached hydrogens (primary N) is 1. The molecule has 2 aromatic rings. The zero-order valence-corrected chi connectivity index (χ0v) is 27.7. The van der Waals surface area contributed by atoms with Gasteiger partial charge < -0.3 is 21.1 Å². The van der Waals surface area contributed by atoms with Crippen LogP contribution >= 0.6 is 34.8 Å². The Morgan fingerprint density at radius 1 is 0.848 bits per heavy atom. The normalized spacial score (nSPS) is 28.1. The minimum absolute atomic E-state index is 0.0113. The van der Waals surface area contributed by atoms with Gasteiger partial charge in [0.05, 0.1) is 18.3 Å². The van der Waals surface area contributed by atoms with Crippen LogP contribution in [0.3, 0.4) is 0 Å². The number of aromatic nitrogens is 4. The van der Waals surface area contributed by atoms with Crippen LogP contribution in [0.15, 0.2) is 36.7 Å². The van der Waals surface area contributed by atoms with E-state index in [2.05, 4.69) is 42.7 Å². The highest BCUT2D eigenvalue weighted by atomic mass is 35.5. The van der Waals surface area contributed by atoms with Gasteiger partial charge in [0.25, 0.3) is 0 Å². The number of nitrogens with one attached hydrogen (secondary N) is 2. The van der Waals surface area contributed by atoms with Crippen LogP contribution in [0.1, 0.15) is 40.5 Å². The molecule has 248 valence electrons. The van der Waals surface area contributed by atoms with Crippen LogP contribution in [0.5, 0.6) is 0 Å². The van der Waals surface area contributed by atoms with Gasteiger partial charge in [-0.15, -0.1) is 0 Å². The maximum atomic E-state index is 13.6. The first-order valence-corrected chi connectivity index (χ1v) is 15.6. The Morgan fingerprint density at radius 3 is 1.89 bits per heavy atom. The lowest BCUT2D eigenvalue weighted by molar-refractivity contribution is -0.123. The molecule has 2 saturated carbocycles. The zero-order valence-electron chi connectivity index (χ0n) is 25.4. The molecule has 4 N–H and O–H groups in total. The number of primary amides is 1. The van der Waals surface area contributed by atoms with Crippen LogP contribution in [0.4, 0.5) is 19.4 Å². The van der Waals surface area contributed by atoms with Crippen molar-refractivity contribution in [3.63, 3.8) is 0 Å². The van der Waals surface area contributed by atoms with Crippen LogP contribution in [0, 0.1) is 47.1 Å². The predicted molar refractivity (Wildman–Crippen MR) is 168 cm³/mol. The standard InChI is InChI=1S/C14H21NO3.C12H12ClFN4O.C4HCl2FN2/c1-8(16)11-9-5-6-10(7-9)12(11)15-13(17)18-14(2,3)4;13-12-16-4-7(14)11(18-12)17-9-6-2-1-5(3-6)8(9)10(15)19;5-3-2(7)1-8-4(6)9-3/h5-6,9-12H,7H2,1-4H3,(H,15,17);1-2,4-6,8-9H,3H2,(H2,15,19)(H,16,17,18);1H/t9-,10+,11+,12-;5-,6+,8+,9-;/m11./s1. The lowest BCUT2D eigenvalue weighted by Gasteiger charge is -2.28. The Balaban J connectivity index is 0.000000167. The third-order valence-corrected chi connectivity index (χ3v) is 8.72. The van der Waals surface area contributed by atoms with Crippen molar-refractivity contribution >= 4 is 58.4 Å². The number of hydrogen-bond donors (Lipinski definition) is 3. The molecule has 0 unspecified atom stereocenters. The van der Waals surface area contributed by atoms with Crippen molar-refractivity contribution in [3.8, 4) is 0 Å². The first-order valence-electron chi connectivity index (χ1n) is 14.5. The van der Waals surface area contributed by atoms with Crippen molar-refractivity contribution in [3.05, 3.63) is 64.1 Å². The van der Waals surface area contributed by atoms with E-state index in [0.29, 0.717) is 0 Å². The molecule has 0 aromatic carbocycles. The monoisotopic (exact) mass is 699 g/mol. The summed E-state index contributed by atoms with van der Waals surface area (Å²) in [4.78, 5) is 49.0. The minimum Gasteiger partial charge on any atom is -0.444 e. The lowest BCUT2D eigenvalue weighted by Crippen LogP contribution is -2.46. The Bertz CT molecular complexity index is 1540. The number of ketones is 1. The summed E-state index contributed by atoms with van der Waals surface area (Å²) < 4.78 is 31.0. The molecule has 0 radical (unpaired) electrons. The first-order chi connectivity index (χ1) is 21.5. The third kappa shape index (κ3) is 8.68. The molecule has 4 bridgehead atoms. The fourth-order valence-corrected chi connectivity index (χ4v) is 6.79. The van der Waals surface area contributed by atoms with Crippen LogP contribution in [0.25, 0.3) is 0 Å². The summed E-state index contributed by atoms with van der Waals surface area (Å²) in [5.74, 6) is -1.07. The van der Waals surface area contributed by atoms with Crippen LogP contribution < -0.4 is 16.4 Å². The average Bonchev–Trinajstić information content (AvgIpc) is 3.74. The fourth-order valence-electron chi connectivity index (χ4n) is 6.35. The summed E-state index contributed by atoms with van der Waals surface area (Å²) in [7, 11) is 0. The van der Waals surface area contributed by atoms with Crippen molar-refractivity contribution in [1.29, 1.82) is 0 Å². The summed E-state index contributed by atoms with van der Waals surface area (Å²) in [6.07, 6.45) is 11.5. The molecule has 11 nitrogen and oxygen atoms in total. The molecule has 0 aliphatic heterocycles. The van der Waals surface area contributed by atoms with E-state index in [-0.39, 0.29) is 80.8 Å². The number of fused-ring (bicyclic) bond motifs is 4. The first kappa shape index (κ1) is 35.4.